The molecule has 1 aromatic heterocycles. The largest absolute Gasteiger partial charge is 0.478 e. The van der Waals surface area contributed by atoms with Gasteiger partial charge in [-0.1, -0.05) is 11.6 Å². The van der Waals surface area contributed by atoms with Gasteiger partial charge >= 0.3 is 5.97 Å². The molecule has 1 aromatic carbocycles. The van der Waals surface area contributed by atoms with E-state index in [9.17, 15) is 4.79 Å². The van der Waals surface area contributed by atoms with Crippen molar-refractivity contribution in [3.05, 3.63) is 39.4 Å². The molecular formula is C12H10ClN3O2S. The normalized spacial score (nSPS) is 14.6. The second kappa shape index (κ2) is 4.47. The molecule has 1 aliphatic carbocycles. The molecule has 0 saturated heterocycles. The summed E-state index contributed by atoms with van der Waals surface area (Å²) in [6.45, 7) is 0. The van der Waals surface area contributed by atoms with Gasteiger partial charge in [-0.2, -0.15) is 5.10 Å². The zero-order valence-electron chi connectivity index (χ0n) is 9.76. The Balaban J connectivity index is 2.17. The van der Waals surface area contributed by atoms with Gasteiger partial charge in [-0.05, 0) is 43.3 Å². The number of rotatable bonds is 3. The quantitative estimate of drug-likeness (QED) is 0.853. The number of benzene rings is 1. The van der Waals surface area contributed by atoms with Gasteiger partial charge in [-0.15, -0.1) is 0 Å². The number of aromatic amines is 1. The first-order valence-electron chi connectivity index (χ1n) is 5.78. The SMILES string of the molecule is O=C(O)c1cc(-n2c(C3CC3)n[nH]c2=S)ccc1Cl. The first-order valence-corrected chi connectivity index (χ1v) is 6.57. The molecule has 1 heterocycles. The van der Waals surface area contributed by atoms with Crippen molar-refractivity contribution in [2.45, 2.75) is 18.8 Å². The fraction of sp³-hybridized carbons (Fsp3) is 0.250. The molecule has 5 nitrogen and oxygen atoms in total. The van der Waals surface area contributed by atoms with E-state index in [0.29, 0.717) is 16.4 Å². The zero-order valence-corrected chi connectivity index (χ0v) is 11.3. The van der Waals surface area contributed by atoms with E-state index in [2.05, 4.69) is 10.2 Å². The number of nitrogens with one attached hydrogen (secondary N) is 1. The van der Waals surface area contributed by atoms with Gasteiger partial charge in [0.15, 0.2) is 4.77 Å². The summed E-state index contributed by atoms with van der Waals surface area (Å²) in [5, 5.41) is 16.3. The predicted octanol–water partition coefficient (Wildman–Crippen LogP) is 3.16. The van der Waals surface area contributed by atoms with Crippen LogP contribution in [0.3, 0.4) is 0 Å². The summed E-state index contributed by atoms with van der Waals surface area (Å²) >= 11 is 11.1. The Hall–Kier alpha value is -1.66. The van der Waals surface area contributed by atoms with Gasteiger partial charge < -0.3 is 5.11 Å². The van der Waals surface area contributed by atoms with Crippen molar-refractivity contribution < 1.29 is 9.90 Å². The standard InChI is InChI=1S/C12H10ClN3O2S/c13-9-4-3-7(5-8(9)11(17)18)16-10(6-1-2-6)14-15-12(16)19/h3-6H,1-2H2,(H,15,19)(H,17,18). The van der Waals surface area contributed by atoms with Gasteiger partial charge in [-0.3, -0.25) is 9.67 Å². The molecule has 1 fully saturated rings. The second-order valence-corrected chi connectivity index (χ2v) is 5.26. The lowest BCUT2D eigenvalue weighted by Crippen LogP contribution is -2.04. The summed E-state index contributed by atoms with van der Waals surface area (Å²) in [7, 11) is 0. The van der Waals surface area contributed by atoms with Gasteiger partial charge in [0.05, 0.1) is 16.3 Å². The number of nitrogens with zero attached hydrogens (tertiary/aromatic N) is 2. The molecule has 19 heavy (non-hydrogen) atoms. The highest BCUT2D eigenvalue weighted by atomic mass is 35.5. The number of carboxylic acids is 1. The van der Waals surface area contributed by atoms with Crippen molar-refractivity contribution in [2.24, 2.45) is 0 Å². The summed E-state index contributed by atoms with van der Waals surface area (Å²) in [5.41, 5.74) is 0.728. The van der Waals surface area contributed by atoms with E-state index in [4.69, 9.17) is 28.9 Å². The average molecular weight is 296 g/mol. The van der Waals surface area contributed by atoms with Crippen molar-refractivity contribution in [1.82, 2.24) is 14.8 Å². The van der Waals surface area contributed by atoms with Crippen LogP contribution in [-0.4, -0.2) is 25.8 Å². The number of carbonyl (C=O) groups is 1. The van der Waals surface area contributed by atoms with Crippen molar-refractivity contribution in [3.8, 4) is 5.69 Å². The van der Waals surface area contributed by atoms with Crippen LogP contribution >= 0.6 is 23.8 Å². The molecule has 3 rings (SSSR count). The fourth-order valence-electron chi connectivity index (χ4n) is 1.99. The lowest BCUT2D eigenvalue weighted by molar-refractivity contribution is 0.0697. The van der Waals surface area contributed by atoms with E-state index < -0.39 is 5.97 Å². The Labute approximate surface area is 118 Å². The maximum absolute atomic E-state index is 11.1. The highest BCUT2D eigenvalue weighted by Gasteiger charge is 2.29. The van der Waals surface area contributed by atoms with Crippen LogP contribution in [0.2, 0.25) is 5.02 Å². The summed E-state index contributed by atoms with van der Waals surface area (Å²) < 4.78 is 2.23. The molecule has 1 aliphatic rings. The van der Waals surface area contributed by atoms with E-state index in [-0.39, 0.29) is 10.6 Å². The van der Waals surface area contributed by atoms with Gasteiger partial charge in [0.2, 0.25) is 0 Å². The Bertz CT molecular complexity index is 718. The molecule has 7 heteroatoms. The van der Waals surface area contributed by atoms with Crippen molar-refractivity contribution in [3.63, 3.8) is 0 Å². The molecule has 98 valence electrons. The highest BCUT2D eigenvalue weighted by molar-refractivity contribution is 7.71. The Morgan fingerprint density at radius 2 is 2.26 bits per heavy atom. The lowest BCUT2D eigenvalue weighted by atomic mass is 10.2. The molecule has 0 amide bonds. The van der Waals surface area contributed by atoms with Crippen molar-refractivity contribution in [2.75, 3.05) is 0 Å². The van der Waals surface area contributed by atoms with Gasteiger partial charge in [0.25, 0.3) is 0 Å². The Morgan fingerprint density at radius 3 is 2.89 bits per heavy atom. The van der Waals surface area contributed by atoms with Crippen LogP contribution in [-0.2, 0) is 0 Å². The molecule has 0 bridgehead atoms. The molecular weight excluding hydrogens is 286 g/mol. The molecule has 0 aliphatic heterocycles. The summed E-state index contributed by atoms with van der Waals surface area (Å²) in [6, 6.07) is 4.82. The number of halogens is 1. The Kier molecular flexibility index (Phi) is 2.91. The average Bonchev–Trinajstić information content (AvgIpc) is 3.14. The molecule has 1 saturated carbocycles. The molecule has 0 atom stereocenters. The minimum atomic E-state index is -1.06. The smallest absolute Gasteiger partial charge is 0.337 e. The number of hydrogen-bond donors (Lipinski definition) is 2. The van der Waals surface area contributed by atoms with Crippen molar-refractivity contribution >= 4 is 29.8 Å². The zero-order chi connectivity index (χ0) is 13.6. The molecule has 2 N–H and O–H groups in total. The maximum atomic E-state index is 11.1. The number of H-pyrrole nitrogens is 1. The molecule has 2 aromatic rings. The van der Waals surface area contributed by atoms with Crippen molar-refractivity contribution in [1.29, 1.82) is 0 Å². The molecule has 0 spiro atoms. The highest BCUT2D eigenvalue weighted by Crippen LogP contribution is 2.39. The third kappa shape index (κ3) is 2.17. The number of hydrogen-bond acceptors (Lipinski definition) is 3. The van der Waals surface area contributed by atoms with E-state index >= 15 is 0 Å². The van der Waals surface area contributed by atoms with E-state index in [1.54, 1.807) is 16.7 Å². The monoisotopic (exact) mass is 295 g/mol. The minimum Gasteiger partial charge on any atom is -0.478 e. The number of aromatic carboxylic acids is 1. The van der Waals surface area contributed by atoms with Crippen LogP contribution in [0.5, 0.6) is 0 Å². The fourth-order valence-corrected chi connectivity index (χ4v) is 2.43. The second-order valence-electron chi connectivity index (χ2n) is 4.47. The van der Waals surface area contributed by atoms with Crippen LogP contribution in [0.4, 0.5) is 0 Å². The summed E-state index contributed by atoms with van der Waals surface area (Å²) in [5.74, 6) is 0.190. The van der Waals surface area contributed by atoms with Crippen LogP contribution in [0.15, 0.2) is 18.2 Å². The lowest BCUT2D eigenvalue weighted by Gasteiger charge is -2.08. The Morgan fingerprint density at radius 1 is 1.53 bits per heavy atom. The van der Waals surface area contributed by atoms with Crippen LogP contribution in [0, 0.1) is 4.77 Å². The van der Waals surface area contributed by atoms with Gasteiger partial charge in [0, 0.05) is 5.92 Å². The topological polar surface area (TPSA) is 70.9 Å². The molecule has 0 radical (unpaired) electrons. The first kappa shape index (κ1) is 12.4. The van der Waals surface area contributed by atoms with Gasteiger partial charge in [0.1, 0.15) is 5.82 Å². The number of carboxylic acid groups (broad SMARTS) is 1. The van der Waals surface area contributed by atoms with Crippen LogP contribution in [0.25, 0.3) is 5.69 Å². The third-order valence-corrected chi connectivity index (χ3v) is 3.68. The van der Waals surface area contributed by atoms with Crippen LogP contribution in [0.1, 0.15) is 34.9 Å². The minimum absolute atomic E-state index is 0.0593. The van der Waals surface area contributed by atoms with Gasteiger partial charge in [-0.25, -0.2) is 4.79 Å². The summed E-state index contributed by atoms with van der Waals surface area (Å²) in [6.07, 6.45) is 2.16. The van der Waals surface area contributed by atoms with E-state index in [0.717, 1.165) is 18.7 Å². The predicted molar refractivity (Wildman–Crippen MR) is 72.7 cm³/mol. The van der Waals surface area contributed by atoms with E-state index in [1.165, 1.54) is 6.07 Å². The van der Waals surface area contributed by atoms with E-state index in [1.807, 2.05) is 0 Å². The first-order chi connectivity index (χ1) is 9.08. The van der Waals surface area contributed by atoms with Crippen LogP contribution < -0.4 is 0 Å². The maximum Gasteiger partial charge on any atom is 0.337 e. The number of aromatic nitrogens is 3. The third-order valence-electron chi connectivity index (χ3n) is 3.08. The molecule has 0 unspecified atom stereocenters. The summed E-state index contributed by atoms with van der Waals surface area (Å²) in [4.78, 5) is 11.1.